The number of halogens is 7. The normalized spacial score (nSPS) is 13.7. The van der Waals surface area contributed by atoms with Crippen LogP contribution in [0.2, 0.25) is 0 Å². The molecule has 2 aromatic rings. The molecule has 0 N–H and O–H groups in total. The van der Waals surface area contributed by atoms with Crippen LogP contribution in [-0.2, 0) is 0 Å². The SMILES string of the molecule is CCCCCCCCOc1ccccc1-c1ccc(I)cc1.[F][Sb-]([F])([F])([F])([F])[F]. The zero-order valence-corrected chi connectivity index (χ0v) is 20.8. The van der Waals surface area contributed by atoms with E-state index in [1.165, 1.54) is 46.8 Å². The van der Waals surface area contributed by atoms with Crippen LogP contribution in [0.25, 0.3) is 11.1 Å². The van der Waals surface area contributed by atoms with E-state index < -0.39 is 19.5 Å². The molecule has 0 aliphatic carbocycles. The van der Waals surface area contributed by atoms with Crippen molar-refractivity contribution in [2.45, 2.75) is 45.4 Å². The van der Waals surface area contributed by atoms with Crippen molar-refractivity contribution in [3.05, 3.63) is 52.1 Å². The molecule has 0 spiro atoms. The van der Waals surface area contributed by atoms with E-state index in [1.54, 1.807) is 0 Å². The van der Waals surface area contributed by atoms with Crippen LogP contribution in [0.15, 0.2) is 48.5 Å². The van der Waals surface area contributed by atoms with Gasteiger partial charge in [0.25, 0.3) is 0 Å². The van der Waals surface area contributed by atoms with Crippen molar-refractivity contribution in [2.75, 3.05) is 6.61 Å². The summed E-state index contributed by atoms with van der Waals surface area (Å²) >= 11 is -8.92. The van der Waals surface area contributed by atoms with Gasteiger partial charge in [0.05, 0.1) is 6.61 Å². The summed E-state index contributed by atoms with van der Waals surface area (Å²) in [4.78, 5) is 0. The third-order valence-electron chi connectivity index (χ3n) is 3.80. The van der Waals surface area contributed by atoms with Gasteiger partial charge in [-0.05, 0) is 52.8 Å². The molecule has 0 fully saturated rings. The average molecular weight is 644 g/mol. The van der Waals surface area contributed by atoms with Crippen LogP contribution in [-0.4, -0.2) is 26.1 Å². The summed E-state index contributed by atoms with van der Waals surface area (Å²) in [7, 11) is 0. The molecule has 0 saturated heterocycles. The van der Waals surface area contributed by atoms with E-state index in [9.17, 15) is 16.9 Å². The van der Waals surface area contributed by atoms with Gasteiger partial charge in [-0.3, -0.25) is 0 Å². The Labute approximate surface area is 183 Å². The third-order valence-corrected chi connectivity index (χ3v) is 4.52. The van der Waals surface area contributed by atoms with E-state index in [1.807, 2.05) is 6.07 Å². The first kappa shape index (κ1) is 26.4. The number of hydrogen-bond acceptors (Lipinski definition) is 1. The molecule has 2 rings (SSSR count). The molecule has 9 heteroatoms. The van der Waals surface area contributed by atoms with E-state index >= 15 is 0 Å². The molecule has 0 radical (unpaired) electrons. The van der Waals surface area contributed by atoms with Gasteiger partial charge in [-0.15, -0.1) is 0 Å². The summed E-state index contributed by atoms with van der Waals surface area (Å²) in [5.41, 5.74) is 2.41. The minimum atomic E-state index is -11.2. The predicted molar refractivity (Wildman–Crippen MR) is 116 cm³/mol. The van der Waals surface area contributed by atoms with Gasteiger partial charge in [0.2, 0.25) is 0 Å². The quantitative estimate of drug-likeness (QED) is 0.115. The first-order valence-corrected chi connectivity index (χ1v) is 16.2. The summed E-state index contributed by atoms with van der Waals surface area (Å²) < 4.78 is 66.8. The van der Waals surface area contributed by atoms with Crippen LogP contribution in [0.5, 0.6) is 5.75 Å². The van der Waals surface area contributed by atoms with E-state index in [4.69, 9.17) is 4.74 Å². The second-order valence-corrected chi connectivity index (χ2v) is 13.3. The molecule has 29 heavy (non-hydrogen) atoms. The van der Waals surface area contributed by atoms with Gasteiger partial charge in [-0.25, -0.2) is 0 Å². The number of benzene rings is 2. The van der Waals surface area contributed by atoms with E-state index in [0.29, 0.717) is 0 Å². The van der Waals surface area contributed by atoms with Crippen molar-refractivity contribution in [3.63, 3.8) is 0 Å². The minimum absolute atomic E-state index is 0.813. The van der Waals surface area contributed by atoms with Crippen molar-refractivity contribution >= 4 is 42.1 Å². The van der Waals surface area contributed by atoms with Crippen molar-refractivity contribution in [2.24, 2.45) is 0 Å². The Morgan fingerprint density at radius 2 is 1.28 bits per heavy atom. The van der Waals surface area contributed by atoms with Gasteiger partial charge >= 0.3 is 36.4 Å². The second-order valence-electron chi connectivity index (χ2n) is 6.58. The van der Waals surface area contributed by atoms with Crippen LogP contribution in [0.1, 0.15) is 45.4 Å². The molecule has 1 nitrogen and oxygen atoms in total. The maximum atomic E-state index is 9.93. The molecule has 2 aromatic carbocycles. The van der Waals surface area contributed by atoms with Crippen molar-refractivity contribution in [1.29, 1.82) is 0 Å². The van der Waals surface area contributed by atoms with Gasteiger partial charge in [0, 0.05) is 9.13 Å². The van der Waals surface area contributed by atoms with Crippen LogP contribution in [0.3, 0.4) is 0 Å². The summed E-state index contributed by atoms with van der Waals surface area (Å²) in [6, 6.07) is 16.9. The Hall–Kier alpha value is -0.632. The molecule has 0 heterocycles. The summed E-state index contributed by atoms with van der Waals surface area (Å²) in [5, 5.41) is 0. The standard InChI is InChI=1S/C20H25IO.6FH.Sb/c1-2-3-4-5-6-9-16-22-20-11-8-7-10-19(20)17-12-14-18(21)15-13-17;;;;;;;/h7-8,10-15H,2-6,9,16H2,1H3;6*1H;/q;;;;;;;+5/p-6. The number of rotatable bonds is 9. The molecular weight excluding hydrogens is 619 g/mol. The molecular formula is C20H25F6IOSb-. The monoisotopic (exact) mass is 643 g/mol. The van der Waals surface area contributed by atoms with Gasteiger partial charge < -0.3 is 4.74 Å². The van der Waals surface area contributed by atoms with Crippen LogP contribution < -0.4 is 4.74 Å². The molecule has 0 amide bonds. The number of para-hydroxylation sites is 1. The maximum absolute atomic E-state index is 11.2. The topological polar surface area (TPSA) is 9.23 Å². The average Bonchev–Trinajstić information content (AvgIpc) is 2.59. The van der Waals surface area contributed by atoms with Crippen LogP contribution >= 0.6 is 22.6 Å². The van der Waals surface area contributed by atoms with Crippen molar-refractivity contribution < 1.29 is 21.6 Å². The molecule has 0 bridgehead atoms. The van der Waals surface area contributed by atoms with E-state index in [2.05, 4.69) is 72.0 Å². The Morgan fingerprint density at radius 3 is 1.86 bits per heavy atom. The molecule has 0 saturated carbocycles. The van der Waals surface area contributed by atoms with Gasteiger partial charge in [-0.2, -0.15) is 0 Å². The molecule has 0 aliphatic heterocycles. The third kappa shape index (κ3) is 15.8. The zero-order valence-electron chi connectivity index (χ0n) is 16.1. The number of unbranched alkanes of at least 4 members (excludes halogenated alkanes) is 5. The van der Waals surface area contributed by atoms with Crippen molar-refractivity contribution in [3.8, 4) is 16.9 Å². The summed E-state index contributed by atoms with van der Waals surface area (Å²) in [5.74, 6) is 0.997. The zero-order chi connectivity index (χ0) is 22.0. The first-order chi connectivity index (χ1) is 13.3. The van der Waals surface area contributed by atoms with E-state index in [0.717, 1.165) is 18.8 Å². The fourth-order valence-corrected chi connectivity index (χ4v) is 2.88. The second kappa shape index (κ2) is 10.6. The Morgan fingerprint density at radius 1 is 0.759 bits per heavy atom. The molecule has 0 unspecified atom stereocenters. The molecule has 0 atom stereocenters. The van der Waals surface area contributed by atoms with Crippen LogP contribution in [0.4, 0.5) is 16.9 Å². The van der Waals surface area contributed by atoms with E-state index in [-0.39, 0.29) is 0 Å². The van der Waals surface area contributed by atoms with Crippen molar-refractivity contribution in [1.82, 2.24) is 0 Å². The Kier molecular flexibility index (Phi) is 9.65. The summed E-state index contributed by atoms with van der Waals surface area (Å²) in [6.45, 7) is 3.07. The molecule has 166 valence electrons. The van der Waals surface area contributed by atoms with Gasteiger partial charge in [-0.1, -0.05) is 69.4 Å². The Balaban J connectivity index is 0.000000516. The summed E-state index contributed by atoms with van der Waals surface area (Å²) in [6.07, 6.45) is 7.76. The van der Waals surface area contributed by atoms with Crippen LogP contribution in [0, 0.1) is 3.57 Å². The number of hydrogen-bond donors (Lipinski definition) is 0. The molecule has 0 aliphatic rings. The Bertz CT molecular complexity index is 736. The number of ether oxygens (including phenoxy) is 1. The molecule has 0 aromatic heterocycles. The fraction of sp³-hybridized carbons (Fsp3) is 0.400. The fourth-order valence-electron chi connectivity index (χ4n) is 2.52. The predicted octanol–water partition coefficient (Wildman–Crippen LogP) is 8.84. The van der Waals surface area contributed by atoms with Gasteiger partial charge in [0.15, 0.2) is 0 Å². The van der Waals surface area contributed by atoms with Gasteiger partial charge in [0.1, 0.15) is 5.75 Å². The first-order valence-electron chi connectivity index (χ1n) is 9.30.